The molecule has 0 saturated carbocycles. The van der Waals surface area contributed by atoms with Gasteiger partial charge in [0.2, 0.25) is 10.0 Å². The minimum Gasteiger partial charge on any atom is -0.265 e. The molecule has 1 aromatic heterocycles. The van der Waals surface area contributed by atoms with E-state index in [0.717, 1.165) is 11.8 Å². The van der Waals surface area contributed by atoms with Gasteiger partial charge in [-0.15, -0.1) is 0 Å². The molecular formula is C11H11BrClN3O2S. The Hall–Kier alpha value is -1.05. The number of nitrogens with zero attached hydrogens (tertiary/aromatic N) is 2. The van der Waals surface area contributed by atoms with Crippen molar-refractivity contribution in [1.29, 1.82) is 0 Å². The number of nitrogens with one attached hydrogen (secondary N) is 1. The van der Waals surface area contributed by atoms with E-state index < -0.39 is 10.0 Å². The molecular weight excluding hydrogens is 354 g/mol. The van der Waals surface area contributed by atoms with Gasteiger partial charge in [-0.25, -0.2) is 8.42 Å². The first-order valence-corrected chi connectivity index (χ1v) is 8.35. The van der Waals surface area contributed by atoms with Crippen LogP contribution in [0.5, 0.6) is 0 Å². The van der Waals surface area contributed by atoms with Gasteiger partial charge in [0.25, 0.3) is 0 Å². The number of halogens is 2. The van der Waals surface area contributed by atoms with Gasteiger partial charge in [0.15, 0.2) is 5.82 Å². The number of hydrogen-bond acceptors (Lipinski definition) is 3. The average Bonchev–Trinajstić information content (AvgIpc) is 2.60. The normalized spacial score (nSPS) is 11.5. The third-order valence-electron chi connectivity index (χ3n) is 2.26. The first-order chi connectivity index (χ1) is 8.83. The SMILES string of the molecule is CS(=O)(=O)Nc1nn(Cc2ccc(Cl)cc2)cc1Br. The van der Waals surface area contributed by atoms with Crippen LogP contribution in [0.3, 0.4) is 0 Å². The van der Waals surface area contributed by atoms with E-state index in [4.69, 9.17) is 11.6 Å². The van der Waals surface area contributed by atoms with Gasteiger partial charge in [0.1, 0.15) is 0 Å². The molecule has 1 N–H and O–H groups in total. The number of anilines is 1. The van der Waals surface area contributed by atoms with Crippen LogP contribution in [0.2, 0.25) is 5.02 Å². The average molecular weight is 365 g/mol. The standard InChI is InChI=1S/C11H11BrClN3O2S/c1-19(17,18)15-11-10(12)7-16(14-11)6-8-2-4-9(13)5-3-8/h2-5,7H,6H2,1H3,(H,14,15). The molecule has 1 heterocycles. The van der Waals surface area contributed by atoms with E-state index in [-0.39, 0.29) is 5.82 Å². The lowest BCUT2D eigenvalue weighted by molar-refractivity contribution is 0.606. The second-order valence-electron chi connectivity index (χ2n) is 4.02. The minimum atomic E-state index is -3.34. The van der Waals surface area contributed by atoms with Gasteiger partial charge in [0.05, 0.1) is 17.3 Å². The summed E-state index contributed by atoms with van der Waals surface area (Å²) in [5.41, 5.74) is 1.02. The molecule has 8 heteroatoms. The van der Waals surface area contributed by atoms with Crippen molar-refractivity contribution in [3.8, 4) is 0 Å². The van der Waals surface area contributed by atoms with Gasteiger partial charge in [-0.05, 0) is 33.6 Å². The monoisotopic (exact) mass is 363 g/mol. The molecule has 0 amide bonds. The molecule has 0 atom stereocenters. The maximum absolute atomic E-state index is 11.2. The zero-order valence-corrected chi connectivity index (χ0v) is 13.1. The highest BCUT2D eigenvalue weighted by Gasteiger charge is 2.11. The van der Waals surface area contributed by atoms with Crippen LogP contribution in [0, 0.1) is 0 Å². The topological polar surface area (TPSA) is 64.0 Å². The van der Waals surface area contributed by atoms with Crippen LogP contribution in [-0.4, -0.2) is 24.5 Å². The third kappa shape index (κ3) is 4.22. The number of rotatable bonds is 4. The summed E-state index contributed by atoms with van der Waals surface area (Å²) in [6.07, 6.45) is 2.79. The Morgan fingerprint density at radius 3 is 2.58 bits per heavy atom. The van der Waals surface area contributed by atoms with Crippen molar-refractivity contribution >= 4 is 43.4 Å². The third-order valence-corrected chi connectivity index (χ3v) is 3.65. The Labute approximate surface area is 124 Å². The van der Waals surface area contributed by atoms with Gasteiger partial charge < -0.3 is 0 Å². The zero-order valence-electron chi connectivity index (χ0n) is 9.97. The molecule has 102 valence electrons. The van der Waals surface area contributed by atoms with Gasteiger partial charge in [0, 0.05) is 11.2 Å². The summed E-state index contributed by atoms with van der Waals surface area (Å²) in [6, 6.07) is 7.37. The van der Waals surface area contributed by atoms with E-state index >= 15 is 0 Å². The summed E-state index contributed by atoms with van der Waals surface area (Å²) in [6.45, 7) is 0.529. The fourth-order valence-electron chi connectivity index (χ4n) is 1.50. The van der Waals surface area contributed by atoms with Crippen LogP contribution in [0.25, 0.3) is 0 Å². The molecule has 2 rings (SSSR count). The Morgan fingerprint density at radius 1 is 1.37 bits per heavy atom. The Bertz CT molecular complexity index is 682. The minimum absolute atomic E-state index is 0.275. The van der Waals surface area contributed by atoms with Crippen molar-refractivity contribution in [2.24, 2.45) is 0 Å². The molecule has 0 bridgehead atoms. The number of benzene rings is 1. The molecule has 0 unspecified atom stereocenters. The second kappa shape index (κ2) is 5.52. The van der Waals surface area contributed by atoms with Crippen molar-refractivity contribution in [2.75, 3.05) is 11.0 Å². The first-order valence-electron chi connectivity index (χ1n) is 5.29. The second-order valence-corrected chi connectivity index (χ2v) is 7.06. The van der Waals surface area contributed by atoms with E-state index in [0.29, 0.717) is 16.0 Å². The molecule has 0 aliphatic carbocycles. The smallest absolute Gasteiger partial charge is 0.231 e. The molecule has 0 aliphatic rings. The predicted octanol–water partition coefficient (Wildman–Crippen LogP) is 2.72. The maximum atomic E-state index is 11.2. The molecule has 19 heavy (non-hydrogen) atoms. The molecule has 0 radical (unpaired) electrons. The Kier molecular flexibility index (Phi) is 4.17. The Balaban J connectivity index is 2.18. The van der Waals surface area contributed by atoms with E-state index in [1.807, 2.05) is 12.1 Å². The zero-order chi connectivity index (χ0) is 14.0. The van der Waals surface area contributed by atoms with E-state index in [1.54, 1.807) is 23.0 Å². The van der Waals surface area contributed by atoms with Gasteiger partial charge in [-0.1, -0.05) is 23.7 Å². The van der Waals surface area contributed by atoms with Crippen molar-refractivity contribution in [2.45, 2.75) is 6.54 Å². The summed E-state index contributed by atoms with van der Waals surface area (Å²) in [5.74, 6) is 0.275. The van der Waals surface area contributed by atoms with Crippen LogP contribution in [0.1, 0.15) is 5.56 Å². The van der Waals surface area contributed by atoms with Crippen LogP contribution < -0.4 is 4.72 Å². The number of hydrogen-bond donors (Lipinski definition) is 1. The van der Waals surface area contributed by atoms with E-state index in [2.05, 4.69) is 25.8 Å². The van der Waals surface area contributed by atoms with Crippen molar-refractivity contribution < 1.29 is 8.42 Å². The molecule has 2 aromatic rings. The highest BCUT2D eigenvalue weighted by atomic mass is 79.9. The summed E-state index contributed by atoms with van der Waals surface area (Å²) < 4.78 is 26.9. The molecule has 5 nitrogen and oxygen atoms in total. The van der Waals surface area contributed by atoms with E-state index in [9.17, 15) is 8.42 Å². The van der Waals surface area contributed by atoms with Crippen LogP contribution >= 0.6 is 27.5 Å². The highest BCUT2D eigenvalue weighted by Crippen LogP contribution is 2.21. The quantitative estimate of drug-likeness (QED) is 0.907. The summed E-state index contributed by atoms with van der Waals surface area (Å²) in [7, 11) is -3.34. The lowest BCUT2D eigenvalue weighted by Crippen LogP contribution is -2.11. The van der Waals surface area contributed by atoms with E-state index in [1.165, 1.54) is 0 Å². The maximum Gasteiger partial charge on any atom is 0.231 e. The van der Waals surface area contributed by atoms with Crippen molar-refractivity contribution in [1.82, 2.24) is 9.78 Å². The lowest BCUT2D eigenvalue weighted by atomic mass is 10.2. The predicted molar refractivity (Wildman–Crippen MR) is 78.9 cm³/mol. The molecule has 0 aliphatic heterocycles. The fraction of sp³-hybridized carbons (Fsp3) is 0.182. The van der Waals surface area contributed by atoms with Gasteiger partial charge >= 0.3 is 0 Å². The van der Waals surface area contributed by atoms with Crippen LogP contribution in [-0.2, 0) is 16.6 Å². The largest absolute Gasteiger partial charge is 0.265 e. The summed E-state index contributed by atoms with van der Waals surface area (Å²) in [4.78, 5) is 0. The Morgan fingerprint density at radius 2 is 2.00 bits per heavy atom. The first kappa shape index (κ1) is 14.4. The highest BCUT2D eigenvalue weighted by molar-refractivity contribution is 9.10. The molecule has 1 aromatic carbocycles. The van der Waals surface area contributed by atoms with Crippen LogP contribution in [0.15, 0.2) is 34.9 Å². The number of aromatic nitrogens is 2. The van der Waals surface area contributed by atoms with Gasteiger partial charge in [-0.3, -0.25) is 9.40 Å². The molecule has 0 saturated heterocycles. The molecule has 0 spiro atoms. The molecule has 0 fully saturated rings. The van der Waals surface area contributed by atoms with Crippen molar-refractivity contribution in [3.63, 3.8) is 0 Å². The van der Waals surface area contributed by atoms with Gasteiger partial charge in [-0.2, -0.15) is 5.10 Å². The van der Waals surface area contributed by atoms with Crippen molar-refractivity contribution in [3.05, 3.63) is 45.5 Å². The summed E-state index contributed by atoms with van der Waals surface area (Å²) >= 11 is 9.07. The fourth-order valence-corrected chi connectivity index (χ4v) is 2.67. The number of sulfonamides is 1. The summed E-state index contributed by atoms with van der Waals surface area (Å²) in [5, 5.41) is 4.83. The lowest BCUT2D eigenvalue weighted by Gasteiger charge is -2.02. The van der Waals surface area contributed by atoms with Crippen LogP contribution in [0.4, 0.5) is 5.82 Å².